The van der Waals surface area contributed by atoms with Gasteiger partial charge in [0.15, 0.2) is 5.69 Å². The number of hydrogen-bond acceptors (Lipinski definition) is 6. The summed E-state index contributed by atoms with van der Waals surface area (Å²) < 4.78 is 5.51. The fourth-order valence-corrected chi connectivity index (χ4v) is 2.81. The summed E-state index contributed by atoms with van der Waals surface area (Å²) >= 11 is 7.26. The Morgan fingerprint density at radius 1 is 1.46 bits per heavy atom. The summed E-state index contributed by atoms with van der Waals surface area (Å²) in [4.78, 5) is 30.8. The minimum atomic E-state index is -1.10. The summed E-state index contributed by atoms with van der Waals surface area (Å²) in [6.45, 7) is 0.725. The standard InChI is InChI=1S/C15H14ClN3O4S/c16-10-3-9(4-18-14(10)23-6-8-1-2-8)13(20)17-5-12-19-11(7-24-12)15(21)22/h3-4,7-8H,1-2,5-6H2,(H,17,20)(H,21,22). The number of carboxylic acid groups (broad SMARTS) is 1. The molecular weight excluding hydrogens is 354 g/mol. The molecule has 0 atom stereocenters. The molecule has 2 aromatic heterocycles. The van der Waals surface area contributed by atoms with Crippen LogP contribution in [0.2, 0.25) is 5.02 Å². The molecule has 2 heterocycles. The van der Waals surface area contributed by atoms with Gasteiger partial charge in [0.05, 0.1) is 18.7 Å². The van der Waals surface area contributed by atoms with Crippen molar-refractivity contribution in [2.45, 2.75) is 19.4 Å². The maximum atomic E-state index is 12.1. The molecule has 0 aliphatic heterocycles. The lowest BCUT2D eigenvalue weighted by atomic mass is 10.2. The van der Waals surface area contributed by atoms with Crippen molar-refractivity contribution in [2.24, 2.45) is 5.92 Å². The molecule has 0 aromatic carbocycles. The van der Waals surface area contributed by atoms with Gasteiger partial charge in [0, 0.05) is 11.6 Å². The van der Waals surface area contributed by atoms with Crippen LogP contribution in [0.15, 0.2) is 17.6 Å². The average Bonchev–Trinajstić information content (AvgIpc) is 3.26. The number of thiazole rings is 1. The lowest BCUT2D eigenvalue weighted by Gasteiger charge is -2.08. The summed E-state index contributed by atoms with van der Waals surface area (Å²) in [7, 11) is 0. The third-order valence-electron chi connectivity index (χ3n) is 3.39. The molecule has 0 spiro atoms. The quantitative estimate of drug-likeness (QED) is 0.780. The molecule has 126 valence electrons. The van der Waals surface area contributed by atoms with Gasteiger partial charge in [-0.15, -0.1) is 11.3 Å². The fourth-order valence-electron chi connectivity index (χ4n) is 1.89. The van der Waals surface area contributed by atoms with Crippen LogP contribution in [0, 0.1) is 5.92 Å². The SMILES string of the molecule is O=C(NCc1nc(C(=O)O)cs1)c1cnc(OCC2CC2)c(Cl)c1. The van der Waals surface area contributed by atoms with Gasteiger partial charge in [-0.3, -0.25) is 4.79 Å². The van der Waals surface area contributed by atoms with Crippen LogP contribution in [0.1, 0.15) is 38.7 Å². The van der Waals surface area contributed by atoms with Gasteiger partial charge in [-0.05, 0) is 24.8 Å². The molecule has 0 saturated heterocycles. The highest BCUT2D eigenvalue weighted by atomic mass is 35.5. The van der Waals surface area contributed by atoms with Gasteiger partial charge in [0.25, 0.3) is 5.91 Å². The highest BCUT2D eigenvalue weighted by Gasteiger charge is 2.23. The van der Waals surface area contributed by atoms with Crippen molar-refractivity contribution in [1.29, 1.82) is 0 Å². The highest BCUT2D eigenvalue weighted by Crippen LogP contribution is 2.31. The van der Waals surface area contributed by atoms with Crippen LogP contribution in [0.5, 0.6) is 5.88 Å². The minimum absolute atomic E-state index is 0.0360. The third kappa shape index (κ3) is 4.21. The maximum absolute atomic E-state index is 12.1. The number of pyridine rings is 1. The van der Waals surface area contributed by atoms with E-state index in [4.69, 9.17) is 21.4 Å². The van der Waals surface area contributed by atoms with Gasteiger partial charge in [0.2, 0.25) is 5.88 Å². The Morgan fingerprint density at radius 3 is 2.88 bits per heavy atom. The number of hydrogen-bond donors (Lipinski definition) is 2. The zero-order chi connectivity index (χ0) is 17.1. The molecule has 1 aliphatic carbocycles. The minimum Gasteiger partial charge on any atom is -0.476 e. The van der Waals surface area contributed by atoms with E-state index in [-0.39, 0.29) is 23.2 Å². The smallest absolute Gasteiger partial charge is 0.355 e. The van der Waals surface area contributed by atoms with E-state index >= 15 is 0 Å². The molecule has 0 radical (unpaired) electrons. The Balaban J connectivity index is 1.57. The zero-order valence-electron chi connectivity index (χ0n) is 12.5. The predicted molar refractivity (Wildman–Crippen MR) is 87.7 cm³/mol. The summed E-state index contributed by atoms with van der Waals surface area (Å²) in [5.74, 6) is -0.558. The molecule has 0 unspecified atom stereocenters. The Bertz CT molecular complexity index is 776. The number of ether oxygens (including phenoxy) is 1. The number of rotatable bonds is 7. The molecular formula is C15H14ClN3O4S. The Kier molecular flexibility index (Phi) is 4.96. The van der Waals surface area contributed by atoms with Crippen molar-refractivity contribution in [3.63, 3.8) is 0 Å². The molecule has 24 heavy (non-hydrogen) atoms. The highest BCUT2D eigenvalue weighted by molar-refractivity contribution is 7.09. The lowest BCUT2D eigenvalue weighted by Crippen LogP contribution is -2.23. The van der Waals surface area contributed by atoms with Crippen LogP contribution < -0.4 is 10.1 Å². The number of amides is 1. The number of halogens is 1. The molecule has 1 aliphatic rings. The predicted octanol–water partition coefficient (Wildman–Crippen LogP) is 2.61. The first-order valence-corrected chi connectivity index (χ1v) is 8.53. The summed E-state index contributed by atoms with van der Waals surface area (Å²) in [6.07, 6.45) is 3.73. The first kappa shape index (κ1) is 16.7. The normalized spacial score (nSPS) is 13.5. The Hall–Kier alpha value is -2.19. The van der Waals surface area contributed by atoms with Crippen LogP contribution >= 0.6 is 22.9 Å². The Labute approximate surface area is 146 Å². The van der Waals surface area contributed by atoms with Gasteiger partial charge in [-0.25, -0.2) is 14.8 Å². The topological polar surface area (TPSA) is 101 Å². The van der Waals surface area contributed by atoms with Crippen LogP contribution in [-0.2, 0) is 6.54 Å². The summed E-state index contributed by atoms with van der Waals surface area (Å²) in [5, 5.41) is 13.7. The number of nitrogens with one attached hydrogen (secondary N) is 1. The van der Waals surface area contributed by atoms with Crippen molar-refractivity contribution in [1.82, 2.24) is 15.3 Å². The molecule has 2 aromatic rings. The van der Waals surface area contributed by atoms with E-state index in [1.165, 1.54) is 41.8 Å². The first-order chi connectivity index (χ1) is 11.5. The van der Waals surface area contributed by atoms with Crippen molar-refractivity contribution in [2.75, 3.05) is 6.61 Å². The molecule has 3 rings (SSSR count). The molecule has 1 saturated carbocycles. The number of carboxylic acids is 1. The molecule has 7 nitrogen and oxygen atoms in total. The van der Waals surface area contributed by atoms with Gasteiger partial charge >= 0.3 is 5.97 Å². The molecule has 2 N–H and O–H groups in total. The van der Waals surface area contributed by atoms with Gasteiger partial charge in [-0.1, -0.05) is 11.6 Å². The lowest BCUT2D eigenvalue weighted by molar-refractivity contribution is 0.0691. The van der Waals surface area contributed by atoms with Gasteiger partial charge < -0.3 is 15.2 Å². The van der Waals surface area contributed by atoms with Crippen LogP contribution in [0.25, 0.3) is 0 Å². The monoisotopic (exact) mass is 367 g/mol. The molecule has 9 heteroatoms. The number of nitrogens with zero attached hydrogens (tertiary/aromatic N) is 2. The van der Waals surface area contributed by atoms with Gasteiger partial charge in [0.1, 0.15) is 10.0 Å². The number of aromatic carboxylic acids is 1. The van der Waals surface area contributed by atoms with E-state index < -0.39 is 5.97 Å². The van der Waals surface area contributed by atoms with Crippen LogP contribution in [-0.4, -0.2) is 33.6 Å². The van der Waals surface area contributed by atoms with Crippen LogP contribution in [0.4, 0.5) is 0 Å². The number of carbonyl (C=O) groups is 2. The number of aromatic nitrogens is 2. The van der Waals surface area contributed by atoms with E-state index in [0.29, 0.717) is 29.0 Å². The second-order valence-corrected chi connectivity index (χ2v) is 6.73. The molecule has 1 fully saturated rings. The first-order valence-electron chi connectivity index (χ1n) is 7.27. The van der Waals surface area contributed by atoms with E-state index in [1.807, 2.05) is 0 Å². The van der Waals surface area contributed by atoms with Gasteiger partial charge in [-0.2, -0.15) is 0 Å². The fraction of sp³-hybridized carbons (Fsp3) is 0.333. The van der Waals surface area contributed by atoms with Crippen molar-refractivity contribution in [3.05, 3.63) is 38.9 Å². The zero-order valence-corrected chi connectivity index (χ0v) is 14.1. The summed E-state index contributed by atoms with van der Waals surface area (Å²) in [5.41, 5.74) is 0.264. The largest absolute Gasteiger partial charge is 0.476 e. The maximum Gasteiger partial charge on any atom is 0.355 e. The molecule has 1 amide bonds. The van der Waals surface area contributed by atoms with Crippen LogP contribution in [0.3, 0.4) is 0 Å². The molecule has 0 bridgehead atoms. The third-order valence-corrected chi connectivity index (χ3v) is 4.51. The Morgan fingerprint density at radius 2 is 2.25 bits per heavy atom. The summed E-state index contributed by atoms with van der Waals surface area (Å²) in [6, 6.07) is 1.50. The van der Waals surface area contributed by atoms with Crippen molar-refractivity contribution >= 4 is 34.8 Å². The van der Waals surface area contributed by atoms with E-state index in [0.717, 1.165) is 0 Å². The average molecular weight is 368 g/mol. The van der Waals surface area contributed by atoms with Crippen molar-refractivity contribution < 1.29 is 19.4 Å². The second-order valence-electron chi connectivity index (χ2n) is 5.38. The van der Waals surface area contributed by atoms with E-state index in [2.05, 4.69) is 15.3 Å². The second kappa shape index (κ2) is 7.14. The van der Waals surface area contributed by atoms with E-state index in [9.17, 15) is 9.59 Å². The number of carbonyl (C=O) groups excluding carboxylic acids is 1. The van der Waals surface area contributed by atoms with E-state index in [1.54, 1.807) is 0 Å². The van der Waals surface area contributed by atoms with Crippen molar-refractivity contribution in [3.8, 4) is 5.88 Å².